The van der Waals surface area contributed by atoms with E-state index in [4.69, 9.17) is 14.6 Å². The Morgan fingerprint density at radius 1 is 1.14 bits per heavy atom. The molecule has 0 unspecified atom stereocenters. The van der Waals surface area contributed by atoms with Gasteiger partial charge in [-0.2, -0.15) is 0 Å². The zero-order valence-corrected chi connectivity index (χ0v) is 12.3. The SMILES string of the molecule is Cc1ccc(C(=O)O)cc1NCc1ccc2c(c1)OCCO2. The maximum absolute atomic E-state index is 11.0. The average Bonchev–Trinajstić information content (AvgIpc) is 2.53. The van der Waals surface area contributed by atoms with Crippen molar-refractivity contribution >= 4 is 11.7 Å². The first kappa shape index (κ1) is 14.3. The molecule has 2 N–H and O–H groups in total. The van der Waals surface area contributed by atoms with E-state index in [1.54, 1.807) is 18.2 Å². The molecule has 5 nitrogen and oxygen atoms in total. The second kappa shape index (κ2) is 5.97. The number of hydrogen-bond acceptors (Lipinski definition) is 4. The van der Waals surface area contributed by atoms with Gasteiger partial charge < -0.3 is 19.9 Å². The second-order valence-corrected chi connectivity index (χ2v) is 5.17. The molecule has 22 heavy (non-hydrogen) atoms. The summed E-state index contributed by atoms with van der Waals surface area (Å²) in [5, 5.41) is 12.3. The van der Waals surface area contributed by atoms with Gasteiger partial charge in [0.25, 0.3) is 0 Å². The van der Waals surface area contributed by atoms with Crippen molar-refractivity contribution in [3.8, 4) is 11.5 Å². The van der Waals surface area contributed by atoms with Crippen molar-refractivity contribution in [3.63, 3.8) is 0 Å². The second-order valence-electron chi connectivity index (χ2n) is 5.17. The van der Waals surface area contributed by atoms with Crippen molar-refractivity contribution in [1.82, 2.24) is 0 Å². The number of anilines is 1. The molecule has 2 aromatic carbocycles. The molecule has 1 aliphatic rings. The van der Waals surface area contributed by atoms with E-state index in [1.807, 2.05) is 25.1 Å². The van der Waals surface area contributed by atoms with Crippen LogP contribution in [0.1, 0.15) is 21.5 Å². The lowest BCUT2D eigenvalue weighted by Crippen LogP contribution is -2.15. The topological polar surface area (TPSA) is 67.8 Å². The summed E-state index contributed by atoms with van der Waals surface area (Å²) in [6.07, 6.45) is 0. The van der Waals surface area contributed by atoms with Crippen LogP contribution in [0.4, 0.5) is 5.69 Å². The minimum absolute atomic E-state index is 0.273. The molecular weight excluding hydrogens is 282 g/mol. The Balaban J connectivity index is 1.75. The van der Waals surface area contributed by atoms with Crippen LogP contribution in [-0.2, 0) is 6.54 Å². The quantitative estimate of drug-likeness (QED) is 0.908. The number of carboxylic acid groups (broad SMARTS) is 1. The molecule has 1 aliphatic heterocycles. The average molecular weight is 299 g/mol. The normalized spacial score (nSPS) is 12.8. The van der Waals surface area contributed by atoms with Gasteiger partial charge in [-0.05, 0) is 42.3 Å². The minimum atomic E-state index is -0.928. The summed E-state index contributed by atoms with van der Waals surface area (Å²) in [5.74, 6) is 0.586. The zero-order valence-electron chi connectivity index (χ0n) is 12.3. The fraction of sp³-hybridized carbons (Fsp3) is 0.235. The van der Waals surface area contributed by atoms with Gasteiger partial charge in [0.15, 0.2) is 11.5 Å². The Labute approximate surface area is 128 Å². The third kappa shape index (κ3) is 2.98. The molecule has 3 rings (SSSR count). The lowest BCUT2D eigenvalue weighted by Gasteiger charge is -2.19. The molecule has 0 aliphatic carbocycles. The minimum Gasteiger partial charge on any atom is -0.486 e. The highest BCUT2D eigenvalue weighted by Gasteiger charge is 2.12. The van der Waals surface area contributed by atoms with E-state index in [0.29, 0.717) is 19.8 Å². The van der Waals surface area contributed by atoms with Gasteiger partial charge in [-0.1, -0.05) is 12.1 Å². The predicted molar refractivity (Wildman–Crippen MR) is 82.9 cm³/mol. The van der Waals surface area contributed by atoms with Crippen molar-refractivity contribution in [2.45, 2.75) is 13.5 Å². The van der Waals surface area contributed by atoms with Crippen molar-refractivity contribution < 1.29 is 19.4 Å². The predicted octanol–water partition coefficient (Wildman–Crippen LogP) is 3.08. The summed E-state index contributed by atoms with van der Waals surface area (Å²) in [4.78, 5) is 11.0. The molecular formula is C17H17NO4. The summed E-state index contributed by atoms with van der Waals surface area (Å²) < 4.78 is 11.1. The third-order valence-electron chi connectivity index (χ3n) is 3.57. The van der Waals surface area contributed by atoms with Gasteiger partial charge in [0, 0.05) is 12.2 Å². The fourth-order valence-electron chi connectivity index (χ4n) is 2.34. The lowest BCUT2D eigenvalue weighted by molar-refractivity contribution is 0.0697. The van der Waals surface area contributed by atoms with Crippen LogP contribution in [0.15, 0.2) is 36.4 Å². The van der Waals surface area contributed by atoms with Gasteiger partial charge in [-0.15, -0.1) is 0 Å². The lowest BCUT2D eigenvalue weighted by atomic mass is 10.1. The van der Waals surface area contributed by atoms with E-state index >= 15 is 0 Å². The number of aromatic carboxylic acids is 1. The van der Waals surface area contributed by atoms with Crippen LogP contribution in [0, 0.1) is 6.92 Å². The highest BCUT2D eigenvalue weighted by Crippen LogP contribution is 2.31. The molecule has 0 atom stereocenters. The van der Waals surface area contributed by atoms with Gasteiger partial charge in [0.1, 0.15) is 13.2 Å². The van der Waals surface area contributed by atoms with Crippen molar-refractivity contribution in [3.05, 3.63) is 53.1 Å². The number of fused-ring (bicyclic) bond motifs is 1. The summed E-state index contributed by atoms with van der Waals surface area (Å²) in [7, 11) is 0. The number of hydrogen-bond donors (Lipinski definition) is 2. The van der Waals surface area contributed by atoms with Crippen LogP contribution in [0.5, 0.6) is 11.5 Å². The summed E-state index contributed by atoms with van der Waals surface area (Å²) in [6.45, 7) is 3.66. The van der Waals surface area contributed by atoms with E-state index in [1.165, 1.54) is 0 Å². The van der Waals surface area contributed by atoms with Crippen molar-refractivity contribution in [2.24, 2.45) is 0 Å². The highest BCUT2D eigenvalue weighted by atomic mass is 16.6. The van der Waals surface area contributed by atoms with Gasteiger partial charge >= 0.3 is 5.97 Å². The third-order valence-corrected chi connectivity index (χ3v) is 3.57. The molecule has 0 amide bonds. The molecule has 0 radical (unpaired) electrons. The number of aryl methyl sites for hydroxylation is 1. The maximum atomic E-state index is 11.0. The number of benzene rings is 2. The highest BCUT2D eigenvalue weighted by molar-refractivity contribution is 5.89. The van der Waals surface area contributed by atoms with Crippen molar-refractivity contribution in [2.75, 3.05) is 18.5 Å². The molecule has 0 saturated carbocycles. The standard InChI is InChI=1S/C17H17NO4/c1-11-2-4-13(17(19)20)9-14(11)18-10-12-3-5-15-16(8-12)22-7-6-21-15/h2-5,8-9,18H,6-7,10H2,1H3,(H,19,20). The van der Waals surface area contributed by atoms with E-state index in [-0.39, 0.29) is 5.56 Å². The monoisotopic (exact) mass is 299 g/mol. The van der Waals surface area contributed by atoms with Gasteiger partial charge in [-0.25, -0.2) is 4.79 Å². The van der Waals surface area contributed by atoms with E-state index < -0.39 is 5.97 Å². The van der Waals surface area contributed by atoms with Crippen LogP contribution in [0.3, 0.4) is 0 Å². The summed E-state index contributed by atoms with van der Waals surface area (Å²) in [5.41, 5.74) is 3.14. The number of carboxylic acids is 1. The fourth-order valence-corrected chi connectivity index (χ4v) is 2.34. The number of ether oxygens (including phenoxy) is 2. The Hall–Kier alpha value is -2.69. The Morgan fingerprint density at radius 2 is 1.91 bits per heavy atom. The van der Waals surface area contributed by atoms with E-state index in [9.17, 15) is 4.79 Å². The first-order valence-electron chi connectivity index (χ1n) is 7.10. The van der Waals surface area contributed by atoms with Crippen molar-refractivity contribution in [1.29, 1.82) is 0 Å². The Bertz CT molecular complexity index is 712. The molecule has 0 fully saturated rings. The van der Waals surface area contributed by atoms with Crippen LogP contribution in [-0.4, -0.2) is 24.3 Å². The molecule has 1 heterocycles. The molecule has 0 bridgehead atoms. The van der Waals surface area contributed by atoms with Gasteiger partial charge in [-0.3, -0.25) is 0 Å². The van der Waals surface area contributed by atoms with E-state index in [0.717, 1.165) is 28.3 Å². The Kier molecular flexibility index (Phi) is 3.87. The van der Waals surface area contributed by atoms with Gasteiger partial charge in [0.05, 0.1) is 5.56 Å². The summed E-state index contributed by atoms with van der Waals surface area (Å²) in [6, 6.07) is 10.9. The molecule has 0 saturated heterocycles. The first-order chi connectivity index (χ1) is 10.6. The summed E-state index contributed by atoms with van der Waals surface area (Å²) >= 11 is 0. The maximum Gasteiger partial charge on any atom is 0.335 e. The van der Waals surface area contributed by atoms with Crippen LogP contribution in [0.2, 0.25) is 0 Å². The van der Waals surface area contributed by atoms with Crippen LogP contribution >= 0.6 is 0 Å². The van der Waals surface area contributed by atoms with Crippen LogP contribution < -0.4 is 14.8 Å². The number of carbonyl (C=O) groups is 1. The first-order valence-corrected chi connectivity index (χ1v) is 7.10. The number of nitrogens with one attached hydrogen (secondary N) is 1. The van der Waals surface area contributed by atoms with Gasteiger partial charge in [0.2, 0.25) is 0 Å². The molecule has 0 spiro atoms. The largest absolute Gasteiger partial charge is 0.486 e. The molecule has 114 valence electrons. The zero-order chi connectivity index (χ0) is 15.5. The van der Waals surface area contributed by atoms with Crippen LogP contribution in [0.25, 0.3) is 0 Å². The smallest absolute Gasteiger partial charge is 0.335 e. The molecule has 2 aromatic rings. The Morgan fingerprint density at radius 3 is 2.68 bits per heavy atom. The van der Waals surface area contributed by atoms with E-state index in [2.05, 4.69) is 5.32 Å². The molecule has 5 heteroatoms. The number of rotatable bonds is 4. The molecule has 0 aromatic heterocycles.